The number of carbonyl (C=O) groups excluding carboxylic acids is 2. The molecule has 0 aromatic carbocycles. The molecule has 138 valence electrons. The molecule has 0 aliphatic rings. The van der Waals surface area contributed by atoms with Gasteiger partial charge in [-0.3, -0.25) is 0 Å². The number of hydrogen-bond donors (Lipinski definition) is 6. The first-order valence-corrected chi connectivity index (χ1v) is 6.50. The Labute approximate surface area is 134 Å². The van der Waals surface area contributed by atoms with Crippen molar-refractivity contribution in [1.82, 2.24) is 0 Å². The highest BCUT2D eigenvalue weighted by molar-refractivity contribution is 5.84. The summed E-state index contributed by atoms with van der Waals surface area (Å²) in [7, 11) is 0. The summed E-state index contributed by atoms with van der Waals surface area (Å²) in [4.78, 5) is 43.3. The van der Waals surface area contributed by atoms with Crippen LogP contribution in [-0.2, 0) is 28.7 Å². The minimum atomic E-state index is -2.36. The molecular weight excluding hydrogens is 336 g/mol. The fraction of sp³-hybridized carbons (Fsp3) is 0.667. The molecule has 12 heteroatoms. The second kappa shape index (κ2) is 9.77. The van der Waals surface area contributed by atoms with Crippen molar-refractivity contribution in [1.29, 1.82) is 0 Å². The van der Waals surface area contributed by atoms with Crippen LogP contribution in [0.1, 0.15) is 6.92 Å². The van der Waals surface area contributed by atoms with Crippen LogP contribution in [0.25, 0.3) is 0 Å². The van der Waals surface area contributed by atoms with Crippen molar-refractivity contribution in [3.05, 3.63) is 0 Å². The van der Waals surface area contributed by atoms with Gasteiger partial charge in [0.2, 0.25) is 0 Å². The van der Waals surface area contributed by atoms with E-state index in [1.807, 2.05) is 0 Å². The molecule has 6 N–H and O–H groups in total. The molecule has 0 aliphatic heterocycles. The van der Waals surface area contributed by atoms with Crippen molar-refractivity contribution >= 4 is 23.9 Å². The van der Waals surface area contributed by atoms with E-state index in [1.54, 1.807) is 0 Å². The maximum absolute atomic E-state index is 11.3. The average molecular weight is 354 g/mol. The predicted octanol–water partition coefficient (Wildman–Crippen LogP) is -3.68. The van der Waals surface area contributed by atoms with Gasteiger partial charge in [-0.15, -0.1) is 0 Å². The van der Waals surface area contributed by atoms with E-state index in [-0.39, 0.29) is 0 Å². The van der Waals surface area contributed by atoms with Gasteiger partial charge in [0.25, 0.3) is 0 Å². The van der Waals surface area contributed by atoms with Gasteiger partial charge in [-0.05, 0) is 0 Å². The van der Waals surface area contributed by atoms with Crippen LogP contribution in [-0.4, -0.2) is 92.1 Å². The van der Waals surface area contributed by atoms with E-state index < -0.39 is 67.4 Å². The largest absolute Gasteiger partial charge is 0.479 e. The van der Waals surface area contributed by atoms with Gasteiger partial charge in [0.05, 0.1) is 13.2 Å². The van der Waals surface area contributed by atoms with Gasteiger partial charge in [0.1, 0.15) is 0 Å². The van der Waals surface area contributed by atoms with E-state index in [9.17, 15) is 19.2 Å². The molecular formula is C12H18O12. The lowest BCUT2D eigenvalue weighted by molar-refractivity contribution is -0.173. The molecule has 0 amide bonds. The third-order valence-electron chi connectivity index (χ3n) is 2.61. The molecule has 0 aromatic rings. The van der Waals surface area contributed by atoms with Crippen LogP contribution in [0.2, 0.25) is 0 Å². The zero-order valence-corrected chi connectivity index (χ0v) is 12.4. The average Bonchev–Trinajstić information content (AvgIpc) is 2.54. The van der Waals surface area contributed by atoms with E-state index in [4.69, 9.17) is 30.6 Å². The molecule has 0 saturated heterocycles. The molecule has 12 nitrogen and oxygen atoms in total. The predicted molar refractivity (Wildman–Crippen MR) is 70.4 cm³/mol. The normalized spacial score (nSPS) is 17.0. The highest BCUT2D eigenvalue weighted by Crippen LogP contribution is 2.04. The summed E-state index contributed by atoms with van der Waals surface area (Å²) >= 11 is 0. The fourth-order valence-electron chi connectivity index (χ4n) is 1.20. The maximum atomic E-state index is 11.3. The molecule has 4 atom stereocenters. The van der Waals surface area contributed by atoms with Crippen LogP contribution < -0.4 is 0 Å². The molecule has 4 unspecified atom stereocenters. The van der Waals surface area contributed by atoms with Crippen molar-refractivity contribution in [2.24, 2.45) is 5.92 Å². The van der Waals surface area contributed by atoms with Gasteiger partial charge in [0, 0.05) is 5.92 Å². The van der Waals surface area contributed by atoms with Gasteiger partial charge in [0.15, 0.2) is 24.4 Å². The summed E-state index contributed by atoms with van der Waals surface area (Å²) in [5, 5.41) is 53.0. The Bertz CT molecular complexity index is 433. The number of aliphatic carboxylic acids is 2. The fourth-order valence-corrected chi connectivity index (χ4v) is 1.20. The lowest BCUT2D eigenvalue weighted by Crippen LogP contribution is -2.42. The number of hydrogen-bond acceptors (Lipinski definition) is 10. The van der Waals surface area contributed by atoms with Gasteiger partial charge in [-0.2, -0.15) is 0 Å². The summed E-state index contributed by atoms with van der Waals surface area (Å²) in [6.45, 7) is 0.529. The number of rotatable bonds is 10. The van der Waals surface area contributed by atoms with Crippen LogP contribution in [0.3, 0.4) is 0 Å². The molecule has 0 radical (unpaired) electrons. The van der Waals surface area contributed by atoms with E-state index in [0.29, 0.717) is 0 Å². The third kappa shape index (κ3) is 6.87. The maximum Gasteiger partial charge on any atom is 0.338 e. The Balaban J connectivity index is 4.25. The standard InChI is InChI=1S/C12H18O12/c1-4(2-23-11(21)7(15)5(13)9(17)18)3-24-12(22)8(16)6(14)10(19)20/h4-8,13-16H,2-3H2,1H3,(H,17,18)(H,19,20). The van der Waals surface area contributed by atoms with Crippen molar-refractivity contribution in [3.8, 4) is 0 Å². The smallest absolute Gasteiger partial charge is 0.338 e. The molecule has 0 heterocycles. The number of aliphatic hydroxyl groups excluding tert-OH is 4. The van der Waals surface area contributed by atoms with Crippen LogP contribution in [0.15, 0.2) is 0 Å². The van der Waals surface area contributed by atoms with Crippen LogP contribution in [0.4, 0.5) is 0 Å². The highest BCUT2D eigenvalue weighted by Gasteiger charge is 2.33. The zero-order valence-electron chi connectivity index (χ0n) is 12.4. The van der Waals surface area contributed by atoms with E-state index >= 15 is 0 Å². The number of carbonyl (C=O) groups is 4. The molecule has 0 bridgehead atoms. The molecule has 0 aromatic heterocycles. The monoisotopic (exact) mass is 354 g/mol. The SMILES string of the molecule is CC(COC(=O)C(O)C(O)C(=O)O)COC(=O)C(O)C(O)C(=O)O. The van der Waals surface area contributed by atoms with Crippen molar-refractivity contribution in [2.75, 3.05) is 13.2 Å². The van der Waals surface area contributed by atoms with Crippen molar-refractivity contribution < 1.29 is 59.3 Å². The minimum Gasteiger partial charge on any atom is -0.479 e. The zero-order chi connectivity index (χ0) is 19.0. The van der Waals surface area contributed by atoms with E-state index in [0.717, 1.165) is 0 Å². The van der Waals surface area contributed by atoms with E-state index in [1.165, 1.54) is 6.92 Å². The number of esters is 2. The van der Waals surface area contributed by atoms with Crippen molar-refractivity contribution in [2.45, 2.75) is 31.3 Å². The van der Waals surface area contributed by atoms with E-state index in [2.05, 4.69) is 9.47 Å². The summed E-state index contributed by atoms with van der Waals surface area (Å²) in [6, 6.07) is 0. The Hall–Kier alpha value is -2.28. The number of ether oxygens (including phenoxy) is 2. The molecule has 0 spiro atoms. The quantitative estimate of drug-likeness (QED) is 0.210. The second-order valence-electron chi connectivity index (χ2n) is 4.82. The van der Waals surface area contributed by atoms with Crippen LogP contribution in [0, 0.1) is 5.92 Å². The first kappa shape index (κ1) is 21.7. The lowest BCUT2D eigenvalue weighted by Gasteiger charge is -2.17. The summed E-state index contributed by atoms with van der Waals surface area (Å²) in [5.41, 5.74) is 0. The summed E-state index contributed by atoms with van der Waals surface area (Å²) in [5.74, 6) is -7.16. The van der Waals surface area contributed by atoms with Crippen LogP contribution >= 0.6 is 0 Å². The van der Waals surface area contributed by atoms with Crippen LogP contribution in [0.5, 0.6) is 0 Å². The molecule has 0 rings (SSSR count). The summed E-state index contributed by atoms with van der Waals surface area (Å²) < 4.78 is 9.01. The Morgan fingerprint density at radius 2 is 1.00 bits per heavy atom. The minimum absolute atomic E-state index is 0.437. The number of aliphatic hydroxyl groups is 4. The number of carboxylic acid groups (broad SMARTS) is 2. The Morgan fingerprint density at radius 3 is 1.25 bits per heavy atom. The topological polar surface area (TPSA) is 208 Å². The molecule has 0 aliphatic carbocycles. The Morgan fingerprint density at radius 1 is 0.708 bits per heavy atom. The lowest BCUT2D eigenvalue weighted by atomic mass is 10.2. The van der Waals surface area contributed by atoms with Crippen molar-refractivity contribution in [3.63, 3.8) is 0 Å². The van der Waals surface area contributed by atoms with Gasteiger partial charge in [-0.1, -0.05) is 6.92 Å². The highest BCUT2D eigenvalue weighted by atomic mass is 16.6. The number of carboxylic acids is 2. The van der Waals surface area contributed by atoms with Gasteiger partial charge in [-0.25, -0.2) is 19.2 Å². The second-order valence-corrected chi connectivity index (χ2v) is 4.82. The first-order chi connectivity index (χ1) is 11.0. The van der Waals surface area contributed by atoms with Gasteiger partial charge < -0.3 is 40.1 Å². The molecule has 0 saturated carbocycles. The molecule has 0 fully saturated rings. The Kier molecular flexibility index (Phi) is 8.84. The van der Waals surface area contributed by atoms with Gasteiger partial charge >= 0.3 is 23.9 Å². The summed E-state index contributed by atoms with van der Waals surface area (Å²) in [6.07, 6.45) is -9.33. The first-order valence-electron chi connectivity index (χ1n) is 6.50. The third-order valence-corrected chi connectivity index (χ3v) is 2.61. The molecule has 24 heavy (non-hydrogen) atoms.